The van der Waals surface area contributed by atoms with E-state index in [4.69, 9.17) is 5.11 Å². The standard InChI is InChI=1S/C9H7FO4S/c10-5-1-2-6(9(12)13)7(3-5)14-8(11)4-15/h1-3,15H,4H2,(H,12,13). The number of hydrogen-bond donors (Lipinski definition) is 2. The molecule has 6 heteroatoms. The third-order valence-electron chi connectivity index (χ3n) is 1.53. The number of aromatic carboxylic acids is 1. The molecule has 0 bridgehead atoms. The van der Waals surface area contributed by atoms with Crippen molar-refractivity contribution in [2.45, 2.75) is 0 Å². The number of carboxylic acids is 1. The molecule has 0 atom stereocenters. The Hall–Kier alpha value is -1.56. The molecule has 0 aromatic heterocycles. The van der Waals surface area contributed by atoms with E-state index in [1.165, 1.54) is 0 Å². The van der Waals surface area contributed by atoms with Crippen LogP contribution in [0.3, 0.4) is 0 Å². The van der Waals surface area contributed by atoms with Crippen molar-refractivity contribution >= 4 is 24.6 Å². The lowest BCUT2D eigenvalue weighted by molar-refractivity contribution is -0.131. The van der Waals surface area contributed by atoms with Gasteiger partial charge in [-0.3, -0.25) is 4.79 Å². The number of hydrogen-bond acceptors (Lipinski definition) is 4. The quantitative estimate of drug-likeness (QED) is 0.467. The molecule has 80 valence electrons. The molecule has 0 aliphatic heterocycles. The van der Waals surface area contributed by atoms with E-state index >= 15 is 0 Å². The van der Waals surface area contributed by atoms with Gasteiger partial charge in [-0.2, -0.15) is 12.6 Å². The lowest BCUT2D eigenvalue weighted by Gasteiger charge is -2.05. The summed E-state index contributed by atoms with van der Waals surface area (Å²) in [6.45, 7) is 0. The third-order valence-corrected chi connectivity index (χ3v) is 1.79. The van der Waals surface area contributed by atoms with Gasteiger partial charge in [0.05, 0.1) is 5.75 Å². The van der Waals surface area contributed by atoms with Gasteiger partial charge in [0.2, 0.25) is 0 Å². The number of thiol groups is 1. The minimum atomic E-state index is -1.29. The van der Waals surface area contributed by atoms with E-state index in [9.17, 15) is 14.0 Å². The van der Waals surface area contributed by atoms with Crippen molar-refractivity contribution in [3.63, 3.8) is 0 Å². The number of rotatable bonds is 3. The molecule has 1 N–H and O–H groups in total. The SMILES string of the molecule is O=C(CS)Oc1cc(F)ccc1C(=O)O. The van der Waals surface area contributed by atoms with E-state index in [0.717, 1.165) is 18.2 Å². The van der Waals surface area contributed by atoms with Crippen LogP contribution in [0.25, 0.3) is 0 Å². The predicted molar refractivity (Wildman–Crippen MR) is 52.8 cm³/mol. The second-order valence-corrected chi connectivity index (χ2v) is 2.89. The highest BCUT2D eigenvalue weighted by Crippen LogP contribution is 2.20. The highest BCUT2D eigenvalue weighted by Gasteiger charge is 2.14. The summed E-state index contributed by atoms with van der Waals surface area (Å²) in [4.78, 5) is 21.5. The van der Waals surface area contributed by atoms with Gasteiger partial charge in [-0.25, -0.2) is 9.18 Å². The first-order valence-electron chi connectivity index (χ1n) is 3.89. The van der Waals surface area contributed by atoms with Crippen molar-refractivity contribution in [1.82, 2.24) is 0 Å². The first kappa shape index (κ1) is 11.5. The average Bonchev–Trinajstić information content (AvgIpc) is 2.17. The maximum atomic E-state index is 12.8. The van der Waals surface area contributed by atoms with Gasteiger partial charge in [-0.1, -0.05) is 0 Å². The van der Waals surface area contributed by atoms with Gasteiger partial charge in [0.1, 0.15) is 17.1 Å². The number of benzene rings is 1. The van der Waals surface area contributed by atoms with Crippen molar-refractivity contribution < 1.29 is 23.8 Å². The van der Waals surface area contributed by atoms with Crippen molar-refractivity contribution in [3.05, 3.63) is 29.6 Å². The smallest absolute Gasteiger partial charge is 0.339 e. The van der Waals surface area contributed by atoms with Crippen LogP contribution in [0, 0.1) is 5.82 Å². The fraction of sp³-hybridized carbons (Fsp3) is 0.111. The van der Waals surface area contributed by atoms with Crippen LogP contribution in [0.5, 0.6) is 5.75 Å². The maximum Gasteiger partial charge on any atom is 0.339 e. The van der Waals surface area contributed by atoms with Gasteiger partial charge < -0.3 is 9.84 Å². The third kappa shape index (κ3) is 2.95. The van der Waals surface area contributed by atoms with E-state index < -0.39 is 17.8 Å². The molecule has 0 saturated heterocycles. The predicted octanol–water partition coefficient (Wildman–Crippen LogP) is 1.36. The Morgan fingerprint density at radius 3 is 2.67 bits per heavy atom. The van der Waals surface area contributed by atoms with E-state index in [-0.39, 0.29) is 17.1 Å². The summed E-state index contributed by atoms with van der Waals surface area (Å²) in [6, 6.07) is 2.84. The highest BCUT2D eigenvalue weighted by atomic mass is 32.1. The van der Waals surface area contributed by atoms with Gasteiger partial charge in [0.25, 0.3) is 0 Å². The van der Waals surface area contributed by atoms with Crippen LogP contribution in [0.2, 0.25) is 0 Å². The van der Waals surface area contributed by atoms with E-state index in [1.54, 1.807) is 0 Å². The molecule has 15 heavy (non-hydrogen) atoms. The zero-order valence-corrected chi connectivity index (χ0v) is 8.33. The molecule has 0 spiro atoms. The van der Waals surface area contributed by atoms with Crippen molar-refractivity contribution in [3.8, 4) is 5.75 Å². The summed E-state index contributed by atoms with van der Waals surface area (Å²) in [7, 11) is 0. The summed E-state index contributed by atoms with van der Waals surface area (Å²) >= 11 is 3.64. The second-order valence-electron chi connectivity index (χ2n) is 2.58. The van der Waals surface area contributed by atoms with Crippen LogP contribution < -0.4 is 4.74 Å². The Bertz CT molecular complexity index is 405. The Balaban J connectivity index is 3.07. The van der Waals surface area contributed by atoms with E-state index in [1.807, 2.05) is 0 Å². The fourth-order valence-electron chi connectivity index (χ4n) is 0.912. The molecule has 1 rings (SSSR count). The molecule has 0 aliphatic rings. The number of ether oxygens (including phenoxy) is 1. The minimum Gasteiger partial charge on any atom is -0.478 e. The average molecular weight is 230 g/mol. The van der Waals surface area contributed by atoms with E-state index in [0.29, 0.717) is 0 Å². The van der Waals surface area contributed by atoms with Crippen molar-refractivity contribution in [2.24, 2.45) is 0 Å². The molecule has 0 radical (unpaired) electrons. The molecule has 0 unspecified atom stereocenters. The molecule has 0 saturated carbocycles. The van der Waals surface area contributed by atoms with Crippen LogP contribution in [0.1, 0.15) is 10.4 Å². The van der Waals surface area contributed by atoms with Crippen LogP contribution in [0.4, 0.5) is 4.39 Å². The minimum absolute atomic E-state index is 0.213. The number of carbonyl (C=O) groups is 2. The summed E-state index contributed by atoms with van der Waals surface area (Å²) in [5.74, 6) is -3.25. The summed E-state index contributed by atoms with van der Waals surface area (Å²) < 4.78 is 17.4. The summed E-state index contributed by atoms with van der Waals surface area (Å²) in [5, 5.41) is 8.71. The van der Waals surface area contributed by atoms with Crippen molar-refractivity contribution in [1.29, 1.82) is 0 Å². The Kier molecular flexibility index (Phi) is 3.68. The van der Waals surface area contributed by atoms with Gasteiger partial charge >= 0.3 is 11.9 Å². The van der Waals surface area contributed by atoms with Gasteiger partial charge in [-0.15, -0.1) is 0 Å². The number of esters is 1. The number of carbonyl (C=O) groups excluding carboxylic acids is 1. The zero-order chi connectivity index (χ0) is 11.4. The fourth-order valence-corrected chi connectivity index (χ4v) is 0.977. The topological polar surface area (TPSA) is 63.6 Å². The van der Waals surface area contributed by atoms with Gasteiger partial charge in [0, 0.05) is 6.07 Å². The lowest BCUT2D eigenvalue weighted by Crippen LogP contribution is -2.12. The van der Waals surface area contributed by atoms with Crippen LogP contribution in [-0.2, 0) is 4.79 Å². The monoisotopic (exact) mass is 230 g/mol. The van der Waals surface area contributed by atoms with Gasteiger partial charge in [0.15, 0.2) is 0 Å². The summed E-state index contributed by atoms with van der Waals surface area (Å²) in [5.41, 5.74) is -0.272. The van der Waals surface area contributed by atoms with Crippen molar-refractivity contribution in [2.75, 3.05) is 5.75 Å². The van der Waals surface area contributed by atoms with Gasteiger partial charge in [-0.05, 0) is 12.1 Å². The molecular formula is C9H7FO4S. The Morgan fingerprint density at radius 2 is 2.13 bits per heavy atom. The van der Waals surface area contributed by atoms with Crippen LogP contribution >= 0.6 is 12.6 Å². The molecule has 0 fully saturated rings. The van der Waals surface area contributed by atoms with Crippen LogP contribution in [-0.4, -0.2) is 22.8 Å². The molecule has 1 aromatic carbocycles. The molecule has 0 amide bonds. The normalized spacial score (nSPS) is 9.73. The van der Waals surface area contributed by atoms with Crippen LogP contribution in [0.15, 0.2) is 18.2 Å². The largest absolute Gasteiger partial charge is 0.478 e. The maximum absolute atomic E-state index is 12.8. The number of halogens is 1. The molecule has 4 nitrogen and oxygen atoms in total. The Morgan fingerprint density at radius 1 is 1.47 bits per heavy atom. The molecule has 1 aromatic rings. The van der Waals surface area contributed by atoms with E-state index in [2.05, 4.69) is 17.4 Å². The summed E-state index contributed by atoms with van der Waals surface area (Å²) in [6.07, 6.45) is 0. The molecule has 0 aliphatic carbocycles. The Labute approximate surface area is 90.1 Å². The first-order chi connectivity index (χ1) is 7.04. The second kappa shape index (κ2) is 4.79. The first-order valence-corrected chi connectivity index (χ1v) is 4.52. The zero-order valence-electron chi connectivity index (χ0n) is 7.44. The number of carboxylic acid groups (broad SMARTS) is 1. The lowest BCUT2D eigenvalue weighted by atomic mass is 10.2. The highest BCUT2D eigenvalue weighted by molar-refractivity contribution is 7.81. The molecular weight excluding hydrogens is 223 g/mol. The molecule has 0 heterocycles.